The summed E-state index contributed by atoms with van der Waals surface area (Å²) in [5, 5.41) is 0. The van der Waals surface area contributed by atoms with Gasteiger partial charge in [0.05, 0.1) is 5.75 Å². The molecule has 3 nitrogen and oxygen atoms in total. The normalized spacial score (nSPS) is 15.9. The molecule has 7 heteroatoms. The molecule has 0 aliphatic heterocycles. The first-order valence-electron chi connectivity index (χ1n) is 5.02. The minimum atomic E-state index is -3.67. The molecule has 0 heterocycles. The highest BCUT2D eigenvalue weighted by Crippen LogP contribution is 2.31. The molecular weight excluding hydrogens is 316 g/mol. The Bertz CT molecular complexity index is 520. The van der Waals surface area contributed by atoms with Crippen LogP contribution in [0.2, 0.25) is 0 Å². The van der Waals surface area contributed by atoms with Crippen LogP contribution in [-0.4, -0.2) is 14.2 Å². The lowest BCUT2D eigenvalue weighted by Crippen LogP contribution is -2.19. The Morgan fingerprint density at radius 1 is 1.29 bits per heavy atom. The molecule has 1 fully saturated rings. The number of nitrogens with one attached hydrogen (secondary N) is 1. The lowest BCUT2D eigenvalue weighted by atomic mass is 10.3. The third kappa shape index (κ3) is 3.38. The molecule has 0 bridgehead atoms. The number of hydrogen-bond acceptors (Lipinski definition) is 2. The highest BCUT2D eigenvalue weighted by atomic mass is 79.9. The van der Waals surface area contributed by atoms with Crippen molar-refractivity contribution in [3.63, 3.8) is 0 Å². The standard InChI is InChI=1S/C10H10BrF2NO2S/c11-7-3-8(12)10(9(13)4-7)14-17(15,16)5-6-1-2-6/h3-4,6,14H,1-2,5H2. The van der Waals surface area contributed by atoms with Crippen LogP contribution in [0.1, 0.15) is 12.8 Å². The molecule has 1 aromatic rings. The Kier molecular flexibility index (Phi) is 3.40. The molecule has 1 aliphatic carbocycles. The van der Waals surface area contributed by atoms with E-state index in [1.54, 1.807) is 0 Å². The SMILES string of the molecule is O=S(=O)(CC1CC1)Nc1c(F)cc(Br)cc1F. The van der Waals surface area contributed by atoms with E-state index in [9.17, 15) is 17.2 Å². The smallest absolute Gasteiger partial charge is 0.233 e. The lowest BCUT2D eigenvalue weighted by molar-refractivity contribution is 0.580. The number of rotatable bonds is 4. The fraction of sp³-hybridized carbons (Fsp3) is 0.400. The Morgan fingerprint density at radius 3 is 2.29 bits per heavy atom. The molecule has 0 saturated heterocycles. The first kappa shape index (κ1) is 12.8. The van der Waals surface area contributed by atoms with Gasteiger partial charge in [-0.05, 0) is 30.9 Å². The van der Waals surface area contributed by atoms with E-state index in [2.05, 4.69) is 15.9 Å². The van der Waals surface area contributed by atoms with Gasteiger partial charge in [0.15, 0.2) is 11.6 Å². The summed E-state index contributed by atoms with van der Waals surface area (Å²) in [6, 6.07) is 2.02. The second-order valence-corrected chi connectivity index (χ2v) is 6.75. The van der Waals surface area contributed by atoms with E-state index in [0.717, 1.165) is 25.0 Å². The van der Waals surface area contributed by atoms with Gasteiger partial charge in [-0.25, -0.2) is 17.2 Å². The molecule has 1 aliphatic rings. The fourth-order valence-electron chi connectivity index (χ4n) is 1.43. The zero-order valence-electron chi connectivity index (χ0n) is 8.71. The van der Waals surface area contributed by atoms with E-state index in [0.29, 0.717) is 0 Å². The van der Waals surface area contributed by atoms with E-state index >= 15 is 0 Å². The summed E-state index contributed by atoms with van der Waals surface area (Å²) < 4.78 is 52.1. The van der Waals surface area contributed by atoms with Gasteiger partial charge in [0.2, 0.25) is 10.0 Å². The van der Waals surface area contributed by atoms with Gasteiger partial charge in [-0.3, -0.25) is 4.72 Å². The van der Waals surface area contributed by atoms with Crippen LogP contribution < -0.4 is 4.72 Å². The maximum atomic E-state index is 13.4. The predicted molar refractivity (Wildman–Crippen MR) is 64.2 cm³/mol. The Morgan fingerprint density at radius 2 is 1.82 bits per heavy atom. The topological polar surface area (TPSA) is 46.2 Å². The average Bonchev–Trinajstić information content (AvgIpc) is 2.94. The molecule has 0 radical (unpaired) electrons. The van der Waals surface area contributed by atoms with Crippen LogP contribution >= 0.6 is 15.9 Å². The monoisotopic (exact) mass is 325 g/mol. The van der Waals surface area contributed by atoms with Gasteiger partial charge in [0.25, 0.3) is 0 Å². The zero-order chi connectivity index (χ0) is 12.6. The van der Waals surface area contributed by atoms with Crippen molar-refractivity contribution in [2.75, 3.05) is 10.5 Å². The molecule has 0 atom stereocenters. The molecule has 94 valence electrons. The largest absolute Gasteiger partial charge is 0.278 e. The van der Waals surface area contributed by atoms with Crippen LogP contribution in [0, 0.1) is 17.6 Å². The Hall–Kier alpha value is -0.690. The van der Waals surface area contributed by atoms with Gasteiger partial charge in [0.1, 0.15) is 5.69 Å². The van der Waals surface area contributed by atoms with Crippen molar-refractivity contribution in [2.24, 2.45) is 5.92 Å². The third-order valence-corrected chi connectivity index (χ3v) is 4.30. The van der Waals surface area contributed by atoms with Gasteiger partial charge in [-0.1, -0.05) is 15.9 Å². The summed E-state index contributed by atoms with van der Waals surface area (Å²) in [6.07, 6.45) is 1.71. The molecule has 0 aromatic heterocycles. The third-order valence-electron chi connectivity index (χ3n) is 2.42. The van der Waals surface area contributed by atoms with Gasteiger partial charge >= 0.3 is 0 Å². The zero-order valence-corrected chi connectivity index (χ0v) is 11.1. The van der Waals surface area contributed by atoms with Crippen molar-refractivity contribution in [1.82, 2.24) is 0 Å². The number of hydrogen-bond donors (Lipinski definition) is 1. The van der Waals surface area contributed by atoms with Crippen LogP contribution in [0.25, 0.3) is 0 Å². The lowest BCUT2D eigenvalue weighted by Gasteiger charge is -2.09. The number of anilines is 1. The van der Waals surface area contributed by atoms with Gasteiger partial charge < -0.3 is 0 Å². The van der Waals surface area contributed by atoms with E-state index in [1.165, 1.54) is 0 Å². The predicted octanol–water partition coefficient (Wildman–Crippen LogP) is 2.88. The molecular formula is C10H10BrF2NO2S. The molecule has 2 rings (SSSR count). The van der Waals surface area contributed by atoms with Gasteiger partial charge in [0, 0.05) is 4.47 Å². The summed E-state index contributed by atoms with van der Waals surface area (Å²) in [5.74, 6) is -1.83. The van der Waals surface area contributed by atoms with Crippen molar-refractivity contribution in [3.8, 4) is 0 Å². The highest BCUT2D eigenvalue weighted by Gasteiger charge is 2.29. The van der Waals surface area contributed by atoms with Crippen molar-refractivity contribution >= 4 is 31.6 Å². The number of benzene rings is 1. The molecule has 1 saturated carbocycles. The average molecular weight is 326 g/mol. The van der Waals surface area contributed by atoms with Crippen LogP contribution in [-0.2, 0) is 10.0 Å². The summed E-state index contributed by atoms with van der Waals surface area (Å²) in [6.45, 7) is 0. The maximum Gasteiger partial charge on any atom is 0.233 e. The summed E-state index contributed by atoms with van der Waals surface area (Å²) in [5.41, 5.74) is -0.617. The van der Waals surface area contributed by atoms with Crippen molar-refractivity contribution in [1.29, 1.82) is 0 Å². The van der Waals surface area contributed by atoms with Crippen LogP contribution in [0.5, 0.6) is 0 Å². The number of sulfonamides is 1. The van der Waals surface area contributed by atoms with E-state index < -0.39 is 27.3 Å². The molecule has 1 aromatic carbocycles. The molecule has 0 unspecified atom stereocenters. The summed E-state index contributed by atoms with van der Waals surface area (Å²) >= 11 is 2.92. The number of halogens is 3. The first-order valence-corrected chi connectivity index (χ1v) is 7.47. The minimum absolute atomic E-state index is 0.0814. The molecule has 0 amide bonds. The summed E-state index contributed by atoms with van der Waals surface area (Å²) in [4.78, 5) is 0. The second-order valence-electron chi connectivity index (χ2n) is 4.07. The van der Waals surface area contributed by atoms with Gasteiger partial charge in [-0.15, -0.1) is 0 Å². The summed E-state index contributed by atoms with van der Waals surface area (Å²) in [7, 11) is -3.67. The van der Waals surface area contributed by atoms with Gasteiger partial charge in [-0.2, -0.15) is 0 Å². The van der Waals surface area contributed by atoms with Crippen LogP contribution in [0.15, 0.2) is 16.6 Å². The van der Waals surface area contributed by atoms with Crippen LogP contribution in [0.4, 0.5) is 14.5 Å². The Labute approximate surface area is 106 Å². The second kappa shape index (κ2) is 4.53. The van der Waals surface area contributed by atoms with Crippen molar-refractivity contribution in [2.45, 2.75) is 12.8 Å². The quantitative estimate of drug-likeness (QED) is 0.925. The maximum absolute atomic E-state index is 13.4. The minimum Gasteiger partial charge on any atom is -0.278 e. The van der Waals surface area contributed by atoms with E-state index in [4.69, 9.17) is 0 Å². The molecule has 0 spiro atoms. The molecule has 17 heavy (non-hydrogen) atoms. The van der Waals surface area contributed by atoms with Crippen LogP contribution in [0.3, 0.4) is 0 Å². The van der Waals surface area contributed by atoms with Crippen molar-refractivity contribution < 1.29 is 17.2 Å². The first-order chi connectivity index (χ1) is 7.87. The van der Waals surface area contributed by atoms with E-state index in [-0.39, 0.29) is 16.1 Å². The highest BCUT2D eigenvalue weighted by molar-refractivity contribution is 9.10. The fourth-order valence-corrected chi connectivity index (χ4v) is 3.38. The van der Waals surface area contributed by atoms with Crippen molar-refractivity contribution in [3.05, 3.63) is 28.2 Å². The Balaban J connectivity index is 2.23. The molecule has 1 N–H and O–H groups in total. The van der Waals surface area contributed by atoms with E-state index in [1.807, 2.05) is 4.72 Å².